The zero-order valence-electron chi connectivity index (χ0n) is 11.1. The predicted molar refractivity (Wildman–Crippen MR) is 66.5 cm³/mol. The average Bonchev–Trinajstić information content (AvgIpc) is 2.74. The molecule has 110 valence electrons. The van der Waals surface area contributed by atoms with E-state index < -0.39 is 23.0 Å². The Labute approximate surface area is 111 Å². The van der Waals surface area contributed by atoms with Gasteiger partial charge in [0.25, 0.3) is 16.4 Å². The monoisotopic (exact) mass is 296 g/mol. The van der Waals surface area contributed by atoms with Crippen molar-refractivity contribution in [3.63, 3.8) is 0 Å². The third-order valence-corrected chi connectivity index (χ3v) is 4.08. The molecule has 0 aromatic carbocycles. The summed E-state index contributed by atoms with van der Waals surface area (Å²) in [6, 6.07) is 3.01. The van der Waals surface area contributed by atoms with Crippen LogP contribution in [0.1, 0.15) is 19.6 Å². The first-order valence-electron chi connectivity index (χ1n) is 5.80. The van der Waals surface area contributed by atoms with Gasteiger partial charge in [0, 0.05) is 13.1 Å². The number of rotatable bonds is 7. The molecule has 19 heavy (non-hydrogen) atoms. The van der Waals surface area contributed by atoms with Gasteiger partial charge < -0.3 is 9.73 Å². The minimum atomic E-state index is -3.99. The van der Waals surface area contributed by atoms with Crippen LogP contribution in [0.3, 0.4) is 0 Å². The van der Waals surface area contributed by atoms with Crippen molar-refractivity contribution in [3.05, 3.63) is 17.9 Å². The van der Waals surface area contributed by atoms with Crippen LogP contribution in [0.5, 0.6) is 0 Å². The summed E-state index contributed by atoms with van der Waals surface area (Å²) in [5, 5.41) is 2.74. The van der Waals surface area contributed by atoms with Crippen LogP contribution in [0.15, 0.2) is 21.6 Å². The summed E-state index contributed by atoms with van der Waals surface area (Å²) in [6.07, 6.45) is -2.73. The third kappa shape index (κ3) is 4.55. The number of nitrogens with one attached hydrogen (secondary N) is 1. The zero-order chi connectivity index (χ0) is 14.6. The van der Waals surface area contributed by atoms with E-state index >= 15 is 0 Å². The maximum Gasteiger partial charge on any atom is 0.276 e. The number of furan rings is 1. The summed E-state index contributed by atoms with van der Waals surface area (Å²) >= 11 is 0. The molecule has 0 saturated heterocycles. The normalized spacial score (nSPS) is 12.8. The molecule has 5 nitrogen and oxygen atoms in total. The van der Waals surface area contributed by atoms with Crippen molar-refractivity contribution < 1.29 is 21.6 Å². The Morgan fingerprint density at radius 3 is 2.53 bits per heavy atom. The predicted octanol–water partition coefficient (Wildman–Crippen LogP) is 1.66. The SMILES string of the molecule is CC(C)NCc1ccc(S(=O)(=O)N(C)CC(F)F)o1. The molecule has 0 bridgehead atoms. The lowest BCUT2D eigenvalue weighted by Gasteiger charge is -2.14. The van der Waals surface area contributed by atoms with Gasteiger partial charge in [0.1, 0.15) is 5.76 Å². The second-order valence-electron chi connectivity index (χ2n) is 4.43. The lowest BCUT2D eigenvalue weighted by Crippen LogP contribution is -2.31. The van der Waals surface area contributed by atoms with Gasteiger partial charge in [-0.15, -0.1) is 0 Å². The first kappa shape index (κ1) is 16.1. The fraction of sp³-hybridized carbons (Fsp3) is 0.636. The van der Waals surface area contributed by atoms with E-state index in [0.29, 0.717) is 16.6 Å². The minimum absolute atomic E-state index is 0.228. The molecule has 0 fully saturated rings. The van der Waals surface area contributed by atoms with E-state index in [1.165, 1.54) is 12.1 Å². The van der Waals surface area contributed by atoms with Gasteiger partial charge in [-0.3, -0.25) is 0 Å². The summed E-state index contributed by atoms with van der Waals surface area (Å²) in [7, 11) is -2.90. The van der Waals surface area contributed by atoms with Crippen molar-refractivity contribution in [2.24, 2.45) is 0 Å². The Morgan fingerprint density at radius 1 is 1.37 bits per heavy atom. The highest BCUT2D eigenvalue weighted by Gasteiger charge is 2.26. The molecule has 0 aliphatic carbocycles. The van der Waals surface area contributed by atoms with Crippen LogP contribution >= 0.6 is 0 Å². The van der Waals surface area contributed by atoms with Crippen LogP contribution in [0.2, 0.25) is 0 Å². The molecule has 0 amide bonds. The molecule has 0 spiro atoms. The van der Waals surface area contributed by atoms with Crippen molar-refractivity contribution in [1.82, 2.24) is 9.62 Å². The highest BCUT2D eigenvalue weighted by molar-refractivity contribution is 7.89. The maximum absolute atomic E-state index is 12.2. The Kier molecular flexibility index (Phi) is 5.45. The van der Waals surface area contributed by atoms with Crippen LogP contribution in [0.4, 0.5) is 8.78 Å². The van der Waals surface area contributed by atoms with Gasteiger partial charge in [-0.05, 0) is 12.1 Å². The van der Waals surface area contributed by atoms with Gasteiger partial charge in [-0.25, -0.2) is 17.2 Å². The van der Waals surface area contributed by atoms with Gasteiger partial charge in [0.15, 0.2) is 0 Å². The van der Waals surface area contributed by atoms with Crippen molar-refractivity contribution in [3.8, 4) is 0 Å². The van der Waals surface area contributed by atoms with Crippen LogP contribution in [0, 0.1) is 0 Å². The summed E-state index contributed by atoms with van der Waals surface area (Å²) in [6.45, 7) is 3.41. The second kappa shape index (κ2) is 6.44. The van der Waals surface area contributed by atoms with Crippen LogP contribution in [-0.4, -0.2) is 38.8 Å². The minimum Gasteiger partial charge on any atom is -0.447 e. The fourth-order valence-corrected chi connectivity index (χ4v) is 2.41. The van der Waals surface area contributed by atoms with E-state index in [2.05, 4.69) is 5.32 Å². The van der Waals surface area contributed by atoms with Gasteiger partial charge >= 0.3 is 0 Å². The molecule has 1 heterocycles. The highest BCUT2D eigenvalue weighted by Crippen LogP contribution is 2.18. The van der Waals surface area contributed by atoms with Gasteiger partial charge in [-0.2, -0.15) is 4.31 Å². The van der Waals surface area contributed by atoms with Crippen molar-refractivity contribution >= 4 is 10.0 Å². The number of nitrogens with zero attached hydrogens (tertiary/aromatic N) is 1. The van der Waals surface area contributed by atoms with Crippen LogP contribution < -0.4 is 5.32 Å². The molecule has 0 radical (unpaired) electrons. The molecule has 0 aliphatic heterocycles. The number of hydrogen-bond donors (Lipinski definition) is 1. The first-order chi connectivity index (χ1) is 8.73. The Morgan fingerprint density at radius 2 is 2.00 bits per heavy atom. The van der Waals surface area contributed by atoms with Crippen LogP contribution in [-0.2, 0) is 16.6 Å². The van der Waals surface area contributed by atoms with E-state index in [1.54, 1.807) is 0 Å². The fourth-order valence-electron chi connectivity index (χ4n) is 1.34. The Hall–Kier alpha value is -0.990. The van der Waals surface area contributed by atoms with Gasteiger partial charge in [0.2, 0.25) is 5.09 Å². The summed E-state index contributed by atoms with van der Waals surface area (Å²) < 4.78 is 53.9. The third-order valence-electron chi connectivity index (χ3n) is 2.38. The van der Waals surface area contributed by atoms with E-state index in [4.69, 9.17) is 4.42 Å². The zero-order valence-corrected chi connectivity index (χ0v) is 11.9. The molecule has 0 atom stereocenters. The molecular weight excluding hydrogens is 278 g/mol. The standard InChI is InChI=1S/C11H18F2N2O3S/c1-8(2)14-6-9-4-5-11(18-9)19(16,17)15(3)7-10(12)13/h4-5,8,10,14H,6-7H2,1-3H3. The lowest BCUT2D eigenvalue weighted by molar-refractivity contribution is 0.126. The summed E-state index contributed by atoms with van der Waals surface area (Å²) in [5.74, 6) is 0.442. The topological polar surface area (TPSA) is 62.6 Å². The summed E-state index contributed by atoms with van der Waals surface area (Å²) in [5.41, 5.74) is 0. The van der Waals surface area contributed by atoms with Crippen LogP contribution in [0.25, 0.3) is 0 Å². The van der Waals surface area contributed by atoms with Crippen molar-refractivity contribution in [1.29, 1.82) is 0 Å². The molecular formula is C11H18F2N2O3S. The smallest absolute Gasteiger partial charge is 0.276 e. The maximum atomic E-state index is 12.2. The van der Waals surface area contributed by atoms with E-state index in [0.717, 1.165) is 7.05 Å². The molecule has 0 saturated carbocycles. The lowest BCUT2D eigenvalue weighted by atomic mass is 10.3. The Balaban J connectivity index is 2.79. The van der Waals surface area contributed by atoms with Gasteiger partial charge in [-0.1, -0.05) is 13.8 Å². The van der Waals surface area contributed by atoms with Crippen molar-refractivity contribution in [2.45, 2.75) is 38.0 Å². The number of sulfonamides is 1. The van der Waals surface area contributed by atoms with E-state index in [1.807, 2.05) is 13.8 Å². The van der Waals surface area contributed by atoms with Crippen molar-refractivity contribution in [2.75, 3.05) is 13.6 Å². The molecule has 0 unspecified atom stereocenters. The second-order valence-corrected chi connectivity index (χ2v) is 6.41. The molecule has 8 heteroatoms. The Bertz CT molecular complexity index is 500. The average molecular weight is 296 g/mol. The highest BCUT2D eigenvalue weighted by atomic mass is 32.2. The number of hydrogen-bond acceptors (Lipinski definition) is 4. The molecule has 0 aliphatic rings. The molecule has 1 aromatic heterocycles. The van der Waals surface area contributed by atoms with E-state index in [9.17, 15) is 17.2 Å². The molecule has 1 aromatic rings. The first-order valence-corrected chi connectivity index (χ1v) is 7.24. The molecule has 1 N–H and O–H groups in total. The quantitative estimate of drug-likeness (QED) is 0.831. The van der Waals surface area contributed by atoms with Gasteiger partial charge in [0.05, 0.1) is 13.1 Å². The van der Waals surface area contributed by atoms with E-state index in [-0.39, 0.29) is 11.1 Å². The molecule has 1 rings (SSSR count). The largest absolute Gasteiger partial charge is 0.447 e. The summed E-state index contributed by atoms with van der Waals surface area (Å²) in [4.78, 5) is 0. The number of alkyl halides is 2. The number of halogens is 2.